The van der Waals surface area contributed by atoms with Crippen LogP contribution in [0.5, 0.6) is 0 Å². The number of hydrogen-bond acceptors (Lipinski definition) is 6. The number of carbonyl (C=O) groups excluding carboxylic acids is 1. The zero-order valence-electron chi connectivity index (χ0n) is 22.7. The summed E-state index contributed by atoms with van der Waals surface area (Å²) < 4.78 is 39.8. The Bertz CT molecular complexity index is 1450. The Morgan fingerprint density at radius 1 is 0.829 bits per heavy atom. The molecule has 3 aromatic rings. The third-order valence-electron chi connectivity index (χ3n) is 8.09. The van der Waals surface area contributed by atoms with Gasteiger partial charge in [-0.1, -0.05) is 73.5 Å². The first-order valence-electron chi connectivity index (χ1n) is 14.2. The SMILES string of the molecule is O=C(ON1CC=C(c2ccc(-c3nnc(-c4ccc(C5=CCNCC5)cc4)n3C3CCCC3)cc2)CC1)C(F)(F)F. The van der Waals surface area contributed by atoms with Crippen molar-refractivity contribution in [3.63, 3.8) is 0 Å². The number of rotatable bonds is 6. The van der Waals surface area contributed by atoms with E-state index in [0.717, 1.165) is 71.3 Å². The number of benzene rings is 2. The minimum atomic E-state index is -5.01. The molecule has 1 aliphatic carbocycles. The first-order valence-corrected chi connectivity index (χ1v) is 14.2. The highest BCUT2D eigenvalue weighted by atomic mass is 19.4. The summed E-state index contributed by atoms with van der Waals surface area (Å²) in [6.07, 6.45) is 5.10. The molecule has 1 saturated carbocycles. The average molecular weight is 564 g/mol. The molecule has 0 atom stereocenters. The van der Waals surface area contributed by atoms with Crippen molar-refractivity contribution in [2.24, 2.45) is 0 Å². The minimum absolute atomic E-state index is 0.102. The topological polar surface area (TPSA) is 72.3 Å². The number of nitrogens with one attached hydrogen (secondary N) is 1. The Morgan fingerprint density at radius 2 is 1.39 bits per heavy atom. The molecule has 1 aromatic heterocycles. The highest BCUT2D eigenvalue weighted by Crippen LogP contribution is 2.37. The fourth-order valence-electron chi connectivity index (χ4n) is 5.91. The van der Waals surface area contributed by atoms with E-state index in [4.69, 9.17) is 0 Å². The molecular formula is C31H32F3N5O2. The summed E-state index contributed by atoms with van der Waals surface area (Å²) in [5, 5.41) is 13.7. The van der Waals surface area contributed by atoms with Crippen LogP contribution >= 0.6 is 0 Å². The molecule has 3 aliphatic rings. The number of aromatic nitrogens is 3. The molecule has 7 nitrogen and oxygen atoms in total. The molecule has 214 valence electrons. The zero-order valence-corrected chi connectivity index (χ0v) is 22.7. The van der Waals surface area contributed by atoms with Gasteiger partial charge in [0.2, 0.25) is 0 Å². The first-order chi connectivity index (χ1) is 19.9. The van der Waals surface area contributed by atoms with Crippen molar-refractivity contribution in [1.82, 2.24) is 25.1 Å². The van der Waals surface area contributed by atoms with Gasteiger partial charge in [-0.15, -0.1) is 15.3 Å². The summed E-state index contributed by atoms with van der Waals surface area (Å²) in [5.74, 6) is -0.476. The summed E-state index contributed by atoms with van der Waals surface area (Å²) in [4.78, 5) is 15.6. The highest BCUT2D eigenvalue weighted by Gasteiger charge is 2.42. The van der Waals surface area contributed by atoms with Gasteiger partial charge in [-0.2, -0.15) is 13.2 Å². The number of nitrogens with zero attached hydrogens (tertiary/aromatic N) is 4. The monoisotopic (exact) mass is 563 g/mol. The maximum atomic E-state index is 12.5. The lowest BCUT2D eigenvalue weighted by Crippen LogP contribution is -2.37. The van der Waals surface area contributed by atoms with E-state index < -0.39 is 12.1 Å². The largest absolute Gasteiger partial charge is 0.492 e. The van der Waals surface area contributed by atoms with Crippen LogP contribution in [0.4, 0.5) is 13.2 Å². The molecule has 1 N–H and O–H groups in total. The second kappa shape index (κ2) is 11.6. The number of carbonyl (C=O) groups is 1. The molecule has 0 saturated heterocycles. The van der Waals surface area contributed by atoms with E-state index in [-0.39, 0.29) is 13.1 Å². The van der Waals surface area contributed by atoms with Gasteiger partial charge in [0.05, 0.1) is 6.54 Å². The maximum absolute atomic E-state index is 12.5. The lowest BCUT2D eigenvalue weighted by atomic mass is 9.98. The molecule has 0 spiro atoms. The van der Waals surface area contributed by atoms with Crippen LogP contribution in [-0.4, -0.2) is 58.2 Å². The van der Waals surface area contributed by atoms with E-state index >= 15 is 0 Å². The predicted molar refractivity (Wildman–Crippen MR) is 150 cm³/mol. The average Bonchev–Trinajstić information content (AvgIpc) is 3.68. The number of alkyl halides is 3. The fourth-order valence-corrected chi connectivity index (χ4v) is 5.91. The van der Waals surface area contributed by atoms with Gasteiger partial charge < -0.3 is 14.7 Å². The maximum Gasteiger partial charge on any atom is 0.492 e. The Morgan fingerprint density at radius 3 is 1.88 bits per heavy atom. The van der Waals surface area contributed by atoms with Crippen LogP contribution in [0.3, 0.4) is 0 Å². The van der Waals surface area contributed by atoms with Crippen LogP contribution in [0, 0.1) is 0 Å². The van der Waals surface area contributed by atoms with Gasteiger partial charge in [-0.05, 0) is 54.5 Å². The predicted octanol–water partition coefficient (Wildman–Crippen LogP) is 6.21. The van der Waals surface area contributed by atoms with Crippen molar-refractivity contribution in [3.05, 3.63) is 71.8 Å². The molecule has 41 heavy (non-hydrogen) atoms. The van der Waals surface area contributed by atoms with Crippen LogP contribution in [0.25, 0.3) is 33.9 Å². The van der Waals surface area contributed by atoms with Crippen molar-refractivity contribution in [2.75, 3.05) is 26.2 Å². The number of hydrogen-bond donors (Lipinski definition) is 1. The molecule has 0 unspecified atom stereocenters. The number of hydroxylamine groups is 2. The van der Waals surface area contributed by atoms with Crippen LogP contribution in [0.2, 0.25) is 0 Å². The summed E-state index contributed by atoms with van der Waals surface area (Å²) in [5.41, 5.74) is 6.61. The van der Waals surface area contributed by atoms with Crippen LogP contribution < -0.4 is 5.32 Å². The third-order valence-corrected chi connectivity index (χ3v) is 8.09. The quantitative estimate of drug-likeness (QED) is 0.384. The van der Waals surface area contributed by atoms with Gasteiger partial charge in [-0.3, -0.25) is 0 Å². The van der Waals surface area contributed by atoms with Gasteiger partial charge in [-0.25, -0.2) is 4.79 Å². The molecular weight excluding hydrogens is 531 g/mol. The Balaban J connectivity index is 1.22. The van der Waals surface area contributed by atoms with E-state index in [2.05, 4.69) is 55.3 Å². The van der Waals surface area contributed by atoms with Crippen molar-refractivity contribution in [3.8, 4) is 22.8 Å². The van der Waals surface area contributed by atoms with Crippen LogP contribution in [0.15, 0.2) is 60.7 Å². The summed E-state index contributed by atoms with van der Waals surface area (Å²) in [6.45, 7) is 2.20. The Labute approximate surface area is 236 Å². The van der Waals surface area contributed by atoms with Crippen molar-refractivity contribution in [1.29, 1.82) is 0 Å². The van der Waals surface area contributed by atoms with Gasteiger partial charge >= 0.3 is 12.1 Å². The third kappa shape index (κ3) is 5.99. The van der Waals surface area contributed by atoms with Crippen LogP contribution in [-0.2, 0) is 9.63 Å². The zero-order chi connectivity index (χ0) is 28.4. The standard InChI is InChI=1S/C31H32F3N5O2/c32-31(33,34)30(40)41-38-19-15-24(16-20-38)22-7-11-26(12-8-22)29-37-36-28(39(29)27-3-1-2-4-27)25-9-5-21(6-10-25)23-13-17-35-18-14-23/h5-13,15,27,35H,1-4,14,16-20H2. The molecule has 3 heterocycles. The minimum Gasteiger partial charge on any atom is -0.360 e. The van der Waals surface area contributed by atoms with E-state index in [1.165, 1.54) is 24.0 Å². The molecule has 0 radical (unpaired) electrons. The Hall–Kier alpha value is -3.76. The molecule has 1 fully saturated rings. The van der Waals surface area contributed by atoms with Crippen LogP contribution in [0.1, 0.15) is 55.7 Å². The molecule has 2 aliphatic heterocycles. The fraction of sp³-hybridized carbons (Fsp3) is 0.387. The van der Waals surface area contributed by atoms with E-state index in [1.54, 1.807) is 6.08 Å². The first kappa shape index (κ1) is 27.4. The van der Waals surface area contributed by atoms with E-state index in [1.807, 2.05) is 24.3 Å². The van der Waals surface area contributed by atoms with Gasteiger partial charge in [0.1, 0.15) is 0 Å². The summed E-state index contributed by atoms with van der Waals surface area (Å²) in [7, 11) is 0. The number of halogens is 3. The Kier molecular flexibility index (Phi) is 7.77. The van der Waals surface area contributed by atoms with Gasteiger partial charge in [0.15, 0.2) is 11.6 Å². The second-order valence-electron chi connectivity index (χ2n) is 10.7. The molecule has 6 rings (SSSR count). The van der Waals surface area contributed by atoms with Gasteiger partial charge in [0, 0.05) is 30.3 Å². The molecule has 2 aromatic carbocycles. The molecule has 10 heteroatoms. The summed E-state index contributed by atoms with van der Waals surface area (Å²) >= 11 is 0. The summed E-state index contributed by atoms with van der Waals surface area (Å²) in [6, 6.07) is 17.1. The van der Waals surface area contributed by atoms with E-state index in [9.17, 15) is 18.0 Å². The van der Waals surface area contributed by atoms with Gasteiger partial charge in [0.25, 0.3) is 0 Å². The smallest absolute Gasteiger partial charge is 0.360 e. The lowest BCUT2D eigenvalue weighted by molar-refractivity contribution is -0.237. The molecule has 0 amide bonds. The van der Waals surface area contributed by atoms with Crippen molar-refractivity contribution >= 4 is 17.1 Å². The lowest BCUT2D eigenvalue weighted by Gasteiger charge is -2.25. The van der Waals surface area contributed by atoms with Crippen molar-refractivity contribution in [2.45, 2.75) is 50.7 Å². The highest BCUT2D eigenvalue weighted by molar-refractivity contribution is 5.75. The second-order valence-corrected chi connectivity index (χ2v) is 10.7. The molecule has 0 bridgehead atoms. The van der Waals surface area contributed by atoms with Crippen molar-refractivity contribution < 1.29 is 22.8 Å². The van der Waals surface area contributed by atoms with E-state index in [0.29, 0.717) is 12.5 Å². The normalized spacial score (nSPS) is 18.7.